The maximum atomic E-state index is 11.9. The fourth-order valence-electron chi connectivity index (χ4n) is 2.45. The Bertz CT molecular complexity index is 583. The van der Waals surface area contributed by atoms with Gasteiger partial charge in [0, 0.05) is 0 Å². The van der Waals surface area contributed by atoms with Crippen LogP contribution in [-0.4, -0.2) is 19.1 Å². The van der Waals surface area contributed by atoms with Gasteiger partial charge in [-0.3, -0.25) is 10.1 Å². The Kier molecular flexibility index (Phi) is 7.78. The van der Waals surface area contributed by atoms with Crippen molar-refractivity contribution >= 4 is 5.97 Å². The predicted octanol–water partition coefficient (Wildman–Crippen LogP) is 4.27. The minimum absolute atomic E-state index is 0.0319. The third kappa shape index (κ3) is 6.01. The van der Waals surface area contributed by atoms with Crippen LogP contribution in [0, 0.1) is 0 Å². The van der Waals surface area contributed by atoms with Gasteiger partial charge in [-0.15, -0.1) is 0 Å². The van der Waals surface area contributed by atoms with Gasteiger partial charge in [0.1, 0.15) is 6.61 Å². The molecule has 0 aromatic heterocycles. The zero-order valence-corrected chi connectivity index (χ0v) is 14.2. The molecule has 0 aliphatic carbocycles. The smallest absolute Gasteiger partial charge is 0.320 e. The predicted molar refractivity (Wildman–Crippen MR) is 97.7 cm³/mol. The summed E-state index contributed by atoms with van der Waals surface area (Å²) < 4.78 is 5.22. The normalized spacial score (nSPS) is 11.1. The van der Waals surface area contributed by atoms with Gasteiger partial charge in [0.05, 0.1) is 12.6 Å². The fourth-order valence-corrected chi connectivity index (χ4v) is 2.45. The van der Waals surface area contributed by atoms with Gasteiger partial charge >= 0.3 is 5.97 Å². The molecule has 0 atom stereocenters. The van der Waals surface area contributed by atoms with E-state index in [1.54, 1.807) is 0 Å². The standard InChI is InChI=1S/C21H25NO2/c1-2-3-4-11-16-24-20(23)17-22-21(18-12-7-5-8-13-18)19-14-9-6-10-15-19/h4-15,21-22H,2-3,16-17H2,1H3. The monoisotopic (exact) mass is 323 g/mol. The third-order valence-corrected chi connectivity index (χ3v) is 3.68. The van der Waals surface area contributed by atoms with Gasteiger partial charge < -0.3 is 4.74 Å². The number of nitrogens with one attached hydrogen (secondary N) is 1. The second-order valence-corrected chi connectivity index (χ2v) is 5.58. The van der Waals surface area contributed by atoms with Gasteiger partial charge in [-0.05, 0) is 17.5 Å². The van der Waals surface area contributed by atoms with Crippen LogP contribution in [0.25, 0.3) is 0 Å². The maximum absolute atomic E-state index is 11.9. The number of hydrogen-bond acceptors (Lipinski definition) is 3. The number of esters is 1. The van der Waals surface area contributed by atoms with Crippen LogP contribution in [0.5, 0.6) is 0 Å². The van der Waals surface area contributed by atoms with E-state index in [0.29, 0.717) is 6.61 Å². The van der Waals surface area contributed by atoms with Gasteiger partial charge in [-0.25, -0.2) is 0 Å². The molecule has 2 rings (SSSR count). The van der Waals surface area contributed by atoms with Gasteiger partial charge in [0.15, 0.2) is 0 Å². The largest absolute Gasteiger partial charge is 0.461 e. The van der Waals surface area contributed by atoms with E-state index in [2.05, 4.69) is 36.5 Å². The molecule has 0 fully saturated rings. The second-order valence-electron chi connectivity index (χ2n) is 5.58. The topological polar surface area (TPSA) is 38.3 Å². The van der Waals surface area contributed by atoms with E-state index < -0.39 is 0 Å². The van der Waals surface area contributed by atoms with Gasteiger partial charge in [0.25, 0.3) is 0 Å². The summed E-state index contributed by atoms with van der Waals surface area (Å²) in [4.78, 5) is 11.9. The first kappa shape index (κ1) is 18.0. The Hall–Kier alpha value is -2.39. The van der Waals surface area contributed by atoms with Crippen LogP contribution in [-0.2, 0) is 9.53 Å². The first-order valence-corrected chi connectivity index (χ1v) is 8.45. The van der Waals surface area contributed by atoms with E-state index in [9.17, 15) is 4.79 Å². The maximum Gasteiger partial charge on any atom is 0.320 e. The van der Waals surface area contributed by atoms with Crippen molar-refractivity contribution in [3.63, 3.8) is 0 Å². The first-order chi connectivity index (χ1) is 11.8. The minimum atomic E-state index is -0.243. The molecular weight excluding hydrogens is 298 g/mol. The van der Waals surface area contributed by atoms with Gasteiger partial charge in [-0.1, -0.05) is 86.2 Å². The lowest BCUT2D eigenvalue weighted by molar-refractivity contribution is -0.141. The number of allylic oxidation sites excluding steroid dienone is 1. The highest BCUT2D eigenvalue weighted by Crippen LogP contribution is 2.21. The van der Waals surface area contributed by atoms with Crippen molar-refractivity contribution in [2.24, 2.45) is 0 Å². The van der Waals surface area contributed by atoms with E-state index in [1.807, 2.05) is 48.6 Å². The molecule has 0 saturated heterocycles. The number of unbranched alkanes of at least 4 members (excludes halogenated alkanes) is 1. The number of hydrogen-bond donors (Lipinski definition) is 1. The summed E-state index contributed by atoms with van der Waals surface area (Å²) in [7, 11) is 0. The van der Waals surface area contributed by atoms with Crippen LogP contribution in [0.3, 0.4) is 0 Å². The molecule has 0 bridgehead atoms. The molecule has 2 aromatic carbocycles. The van der Waals surface area contributed by atoms with E-state index in [1.165, 1.54) is 0 Å². The molecular formula is C21H25NO2. The molecule has 126 valence electrons. The molecule has 0 unspecified atom stereocenters. The van der Waals surface area contributed by atoms with Crippen molar-refractivity contribution in [2.75, 3.05) is 13.2 Å². The average molecular weight is 323 g/mol. The Balaban J connectivity index is 1.93. The molecule has 0 radical (unpaired) electrons. The van der Waals surface area contributed by atoms with Crippen LogP contribution in [0.1, 0.15) is 36.9 Å². The van der Waals surface area contributed by atoms with Crippen LogP contribution in [0.4, 0.5) is 0 Å². The Morgan fingerprint density at radius 3 is 2.12 bits per heavy atom. The lowest BCUT2D eigenvalue weighted by Gasteiger charge is -2.19. The molecule has 3 nitrogen and oxygen atoms in total. The second kappa shape index (κ2) is 10.4. The van der Waals surface area contributed by atoms with E-state index in [0.717, 1.165) is 24.0 Å². The van der Waals surface area contributed by atoms with Crippen LogP contribution in [0.2, 0.25) is 0 Å². The van der Waals surface area contributed by atoms with E-state index in [-0.39, 0.29) is 18.6 Å². The summed E-state index contributed by atoms with van der Waals surface area (Å²) in [6.45, 7) is 2.63. The Morgan fingerprint density at radius 1 is 1.00 bits per heavy atom. The Labute approximate surface area is 144 Å². The van der Waals surface area contributed by atoms with E-state index >= 15 is 0 Å². The van der Waals surface area contributed by atoms with Crippen molar-refractivity contribution in [3.8, 4) is 0 Å². The van der Waals surface area contributed by atoms with Crippen molar-refractivity contribution in [1.82, 2.24) is 5.32 Å². The quantitative estimate of drug-likeness (QED) is 0.553. The molecule has 3 heteroatoms. The zero-order valence-electron chi connectivity index (χ0n) is 14.2. The molecule has 1 N–H and O–H groups in total. The van der Waals surface area contributed by atoms with Crippen molar-refractivity contribution in [3.05, 3.63) is 83.9 Å². The molecule has 0 aliphatic rings. The van der Waals surface area contributed by atoms with Gasteiger partial charge in [-0.2, -0.15) is 0 Å². The van der Waals surface area contributed by atoms with Crippen molar-refractivity contribution in [1.29, 1.82) is 0 Å². The molecule has 0 aliphatic heterocycles. The highest BCUT2D eigenvalue weighted by atomic mass is 16.5. The molecule has 0 amide bonds. The summed E-state index contributed by atoms with van der Waals surface area (Å²) in [5, 5.41) is 3.31. The Morgan fingerprint density at radius 2 is 1.58 bits per heavy atom. The van der Waals surface area contributed by atoms with E-state index in [4.69, 9.17) is 4.74 Å². The summed E-state index contributed by atoms with van der Waals surface area (Å²) in [6.07, 6.45) is 6.05. The molecule has 2 aromatic rings. The number of ether oxygens (including phenoxy) is 1. The third-order valence-electron chi connectivity index (χ3n) is 3.68. The van der Waals surface area contributed by atoms with Crippen molar-refractivity contribution < 1.29 is 9.53 Å². The highest BCUT2D eigenvalue weighted by Gasteiger charge is 2.14. The summed E-state index contributed by atoms with van der Waals surface area (Å²) >= 11 is 0. The fraction of sp³-hybridized carbons (Fsp3) is 0.286. The zero-order chi connectivity index (χ0) is 17.0. The minimum Gasteiger partial charge on any atom is -0.461 e. The number of carbonyl (C=O) groups is 1. The van der Waals surface area contributed by atoms with Crippen LogP contribution < -0.4 is 5.32 Å². The summed E-state index contributed by atoms with van der Waals surface area (Å²) in [5.74, 6) is -0.243. The lowest BCUT2D eigenvalue weighted by atomic mass is 9.99. The lowest BCUT2D eigenvalue weighted by Crippen LogP contribution is -2.29. The molecule has 0 heterocycles. The van der Waals surface area contributed by atoms with Crippen LogP contribution >= 0.6 is 0 Å². The summed E-state index contributed by atoms with van der Waals surface area (Å²) in [5.41, 5.74) is 2.25. The highest BCUT2D eigenvalue weighted by molar-refractivity contribution is 5.71. The number of carbonyl (C=O) groups excluding carboxylic acids is 1. The first-order valence-electron chi connectivity index (χ1n) is 8.45. The molecule has 24 heavy (non-hydrogen) atoms. The summed E-state index contributed by atoms with van der Waals surface area (Å²) in [6, 6.07) is 20.2. The number of benzene rings is 2. The van der Waals surface area contributed by atoms with Gasteiger partial charge in [0.2, 0.25) is 0 Å². The van der Waals surface area contributed by atoms with Crippen LogP contribution in [0.15, 0.2) is 72.8 Å². The SMILES string of the molecule is CCCC=CCOC(=O)CNC(c1ccccc1)c1ccccc1. The molecule has 0 spiro atoms. The number of rotatable bonds is 9. The van der Waals surface area contributed by atoms with Crippen molar-refractivity contribution in [2.45, 2.75) is 25.8 Å². The molecule has 0 saturated carbocycles. The average Bonchev–Trinajstić information content (AvgIpc) is 2.63.